The molecule has 28 heavy (non-hydrogen) atoms. The predicted octanol–water partition coefficient (Wildman–Crippen LogP) is 3.07. The van der Waals surface area contributed by atoms with Crippen LogP contribution in [-0.2, 0) is 16.0 Å². The van der Waals surface area contributed by atoms with Crippen LogP contribution in [0.2, 0.25) is 0 Å². The minimum absolute atomic E-state index is 0.0444. The van der Waals surface area contributed by atoms with Gasteiger partial charge in [0.15, 0.2) is 0 Å². The monoisotopic (exact) mass is 389 g/mol. The molecule has 156 valence electrons. The predicted molar refractivity (Wildman–Crippen MR) is 111 cm³/mol. The van der Waals surface area contributed by atoms with Gasteiger partial charge >= 0.3 is 6.09 Å². The van der Waals surface area contributed by atoms with Gasteiger partial charge in [0.05, 0.1) is 0 Å². The van der Waals surface area contributed by atoms with Crippen molar-refractivity contribution < 1.29 is 14.3 Å². The smallest absolute Gasteiger partial charge is 0.408 e. The van der Waals surface area contributed by atoms with Crippen molar-refractivity contribution in [2.24, 2.45) is 0 Å². The van der Waals surface area contributed by atoms with Gasteiger partial charge in [0.2, 0.25) is 5.91 Å². The van der Waals surface area contributed by atoms with E-state index in [1.165, 1.54) is 5.56 Å². The lowest BCUT2D eigenvalue weighted by Gasteiger charge is -2.26. The first kappa shape index (κ1) is 22.2. The largest absolute Gasteiger partial charge is 0.444 e. The highest BCUT2D eigenvalue weighted by Gasteiger charge is 2.26. The van der Waals surface area contributed by atoms with E-state index >= 15 is 0 Å². The molecule has 0 aromatic heterocycles. The van der Waals surface area contributed by atoms with E-state index < -0.39 is 17.7 Å². The van der Waals surface area contributed by atoms with Crippen LogP contribution in [0.4, 0.5) is 4.79 Å². The van der Waals surface area contributed by atoms with E-state index in [9.17, 15) is 9.59 Å². The minimum atomic E-state index is -0.584. The van der Waals surface area contributed by atoms with Crippen LogP contribution < -0.4 is 5.32 Å². The Bertz CT molecular complexity index is 628. The Labute approximate surface area is 169 Å². The average molecular weight is 390 g/mol. The molecule has 1 fully saturated rings. The van der Waals surface area contributed by atoms with Gasteiger partial charge in [-0.05, 0) is 65.6 Å². The van der Waals surface area contributed by atoms with Crippen molar-refractivity contribution in [1.29, 1.82) is 0 Å². The minimum Gasteiger partial charge on any atom is -0.444 e. The SMILES string of the molecule is CC(NC(=O)OC(C)(C)C)C(=O)N1CCCN(CCCc2ccccc2)CC1. The quantitative estimate of drug-likeness (QED) is 0.812. The van der Waals surface area contributed by atoms with E-state index in [0.29, 0.717) is 6.54 Å². The number of carbonyl (C=O) groups excluding carboxylic acids is 2. The number of aryl methyl sites for hydroxylation is 1. The van der Waals surface area contributed by atoms with Gasteiger partial charge in [-0.2, -0.15) is 0 Å². The number of amides is 2. The molecule has 0 spiro atoms. The van der Waals surface area contributed by atoms with Crippen LogP contribution in [0.5, 0.6) is 0 Å². The molecule has 0 saturated carbocycles. The number of nitrogens with one attached hydrogen (secondary N) is 1. The number of alkyl carbamates (subject to hydrolysis) is 1. The third kappa shape index (κ3) is 7.89. The molecule has 1 N–H and O–H groups in total. The summed E-state index contributed by atoms with van der Waals surface area (Å²) in [5, 5.41) is 2.65. The molecule has 1 aliphatic heterocycles. The van der Waals surface area contributed by atoms with Gasteiger partial charge in [-0.3, -0.25) is 4.79 Å². The van der Waals surface area contributed by atoms with Gasteiger partial charge in [0.25, 0.3) is 0 Å². The summed E-state index contributed by atoms with van der Waals surface area (Å²) in [5.74, 6) is -0.0444. The molecule has 1 aliphatic rings. The van der Waals surface area contributed by atoms with Gasteiger partial charge in [0.1, 0.15) is 11.6 Å². The fourth-order valence-electron chi connectivity index (χ4n) is 3.39. The van der Waals surface area contributed by atoms with E-state index in [1.54, 1.807) is 27.7 Å². The first-order chi connectivity index (χ1) is 13.2. The fraction of sp³-hybridized carbons (Fsp3) is 0.636. The lowest BCUT2D eigenvalue weighted by molar-refractivity contribution is -0.132. The van der Waals surface area contributed by atoms with Crippen molar-refractivity contribution in [1.82, 2.24) is 15.1 Å². The molecule has 2 rings (SSSR count). The normalized spacial score (nSPS) is 16.9. The number of ether oxygens (including phenoxy) is 1. The maximum atomic E-state index is 12.7. The zero-order valence-corrected chi connectivity index (χ0v) is 17.7. The summed E-state index contributed by atoms with van der Waals surface area (Å²) in [5.41, 5.74) is 0.798. The van der Waals surface area contributed by atoms with Gasteiger partial charge in [-0.15, -0.1) is 0 Å². The molecule has 0 radical (unpaired) electrons. The number of benzene rings is 1. The number of nitrogens with zero attached hydrogens (tertiary/aromatic N) is 2. The highest BCUT2D eigenvalue weighted by Crippen LogP contribution is 2.10. The topological polar surface area (TPSA) is 61.9 Å². The number of hydrogen-bond acceptors (Lipinski definition) is 4. The van der Waals surface area contributed by atoms with E-state index in [2.05, 4.69) is 34.5 Å². The highest BCUT2D eigenvalue weighted by molar-refractivity contribution is 5.85. The summed E-state index contributed by atoms with van der Waals surface area (Å²) in [6, 6.07) is 9.96. The molecule has 0 aliphatic carbocycles. The van der Waals surface area contributed by atoms with Crippen molar-refractivity contribution in [2.75, 3.05) is 32.7 Å². The third-order valence-corrected chi connectivity index (χ3v) is 4.79. The summed E-state index contributed by atoms with van der Waals surface area (Å²) in [6.45, 7) is 11.5. The summed E-state index contributed by atoms with van der Waals surface area (Å²) in [6.07, 6.45) is 2.60. The Morgan fingerprint density at radius 3 is 2.50 bits per heavy atom. The molecule has 1 unspecified atom stereocenters. The summed E-state index contributed by atoms with van der Waals surface area (Å²) in [4.78, 5) is 28.9. The lowest BCUT2D eigenvalue weighted by atomic mass is 10.1. The molecule has 0 bridgehead atoms. The zero-order valence-electron chi connectivity index (χ0n) is 17.7. The zero-order chi connectivity index (χ0) is 20.6. The number of hydrogen-bond donors (Lipinski definition) is 1. The van der Waals surface area contributed by atoms with Gasteiger partial charge < -0.3 is 19.9 Å². The van der Waals surface area contributed by atoms with Crippen molar-refractivity contribution >= 4 is 12.0 Å². The number of carbonyl (C=O) groups is 2. The van der Waals surface area contributed by atoms with Crippen LogP contribution in [0.15, 0.2) is 30.3 Å². The number of rotatable bonds is 6. The van der Waals surface area contributed by atoms with Crippen LogP contribution in [0.25, 0.3) is 0 Å². The van der Waals surface area contributed by atoms with E-state index in [1.807, 2.05) is 11.0 Å². The first-order valence-electron chi connectivity index (χ1n) is 10.3. The first-order valence-corrected chi connectivity index (χ1v) is 10.3. The summed E-state index contributed by atoms with van der Waals surface area (Å²) < 4.78 is 5.24. The molecule has 1 aromatic rings. The molecular formula is C22H35N3O3. The maximum absolute atomic E-state index is 12.7. The van der Waals surface area contributed by atoms with Crippen LogP contribution in [0.1, 0.15) is 46.1 Å². The Hall–Kier alpha value is -2.08. The second kappa shape index (κ2) is 10.5. The van der Waals surface area contributed by atoms with E-state index in [4.69, 9.17) is 4.74 Å². The van der Waals surface area contributed by atoms with E-state index in [-0.39, 0.29) is 5.91 Å². The van der Waals surface area contributed by atoms with Crippen LogP contribution in [-0.4, -0.2) is 66.2 Å². The van der Waals surface area contributed by atoms with Crippen molar-refractivity contribution in [3.05, 3.63) is 35.9 Å². The van der Waals surface area contributed by atoms with Crippen LogP contribution in [0.3, 0.4) is 0 Å². The molecular weight excluding hydrogens is 354 g/mol. The van der Waals surface area contributed by atoms with Crippen LogP contribution >= 0.6 is 0 Å². The highest BCUT2D eigenvalue weighted by atomic mass is 16.6. The lowest BCUT2D eigenvalue weighted by Crippen LogP contribution is -2.49. The van der Waals surface area contributed by atoms with Gasteiger partial charge in [-0.1, -0.05) is 30.3 Å². The molecule has 1 atom stereocenters. The Morgan fingerprint density at radius 2 is 1.82 bits per heavy atom. The molecule has 1 heterocycles. The Kier molecular flexibility index (Phi) is 8.30. The molecule has 1 aromatic carbocycles. The summed E-state index contributed by atoms with van der Waals surface area (Å²) >= 11 is 0. The van der Waals surface area contributed by atoms with Crippen molar-refractivity contribution in [3.8, 4) is 0 Å². The maximum Gasteiger partial charge on any atom is 0.408 e. The van der Waals surface area contributed by atoms with Crippen molar-refractivity contribution in [2.45, 2.75) is 58.6 Å². The third-order valence-electron chi connectivity index (χ3n) is 4.79. The molecule has 6 heteroatoms. The fourth-order valence-corrected chi connectivity index (χ4v) is 3.39. The van der Waals surface area contributed by atoms with Crippen LogP contribution in [0, 0.1) is 0 Å². The average Bonchev–Trinajstić information content (AvgIpc) is 2.86. The Balaban J connectivity index is 1.74. The Morgan fingerprint density at radius 1 is 1.11 bits per heavy atom. The molecule has 1 saturated heterocycles. The second-order valence-electron chi connectivity index (χ2n) is 8.48. The standard InChI is InChI=1S/C22H35N3O3/c1-18(23-21(27)28-22(2,3)4)20(26)25-15-9-14-24(16-17-25)13-8-12-19-10-6-5-7-11-19/h5-7,10-11,18H,8-9,12-17H2,1-4H3,(H,23,27). The summed E-state index contributed by atoms with van der Waals surface area (Å²) in [7, 11) is 0. The van der Waals surface area contributed by atoms with Gasteiger partial charge in [-0.25, -0.2) is 4.79 Å². The van der Waals surface area contributed by atoms with E-state index in [0.717, 1.165) is 45.4 Å². The van der Waals surface area contributed by atoms with Gasteiger partial charge in [0, 0.05) is 19.6 Å². The molecule has 6 nitrogen and oxygen atoms in total. The van der Waals surface area contributed by atoms with Crippen molar-refractivity contribution in [3.63, 3.8) is 0 Å². The molecule has 2 amide bonds. The second-order valence-corrected chi connectivity index (χ2v) is 8.48.